The van der Waals surface area contributed by atoms with E-state index in [0.29, 0.717) is 5.56 Å². The summed E-state index contributed by atoms with van der Waals surface area (Å²) < 4.78 is 3.42. The van der Waals surface area contributed by atoms with Gasteiger partial charge in [-0.15, -0.1) is 0 Å². The number of hydrogen-bond acceptors (Lipinski definition) is 3. The van der Waals surface area contributed by atoms with E-state index in [1.165, 1.54) is 5.56 Å². The molecular weight excluding hydrogens is 376 g/mol. The quantitative estimate of drug-likeness (QED) is 0.352. The Morgan fingerprint density at radius 1 is 0.793 bits per heavy atom. The van der Waals surface area contributed by atoms with Crippen LogP contribution in [0.5, 0.6) is 0 Å². The first-order valence-electron chi connectivity index (χ1n) is 9.64. The van der Waals surface area contributed by atoms with Gasteiger partial charge in [0, 0.05) is 27.2 Å². The van der Waals surface area contributed by atoms with E-state index in [9.17, 15) is 4.79 Å². The van der Waals surface area contributed by atoms with Crippen molar-refractivity contribution in [2.45, 2.75) is 18.2 Å². The molecule has 0 heterocycles. The lowest BCUT2D eigenvalue weighted by Gasteiger charge is -2.12. The molecule has 0 radical (unpaired) electrons. The number of carbonyl (C=O) groups is 1. The first kappa shape index (κ1) is 19.1. The second kappa shape index (κ2) is 8.84. The summed E-state index contributed by atoms with van der Waals surface area (Å²) in [5, 5.41) is 5.16. The summed E-state index contributed by atoms with van der Waals surface area (Å²) in [5.74, 6) is -0.106. The molecule has 0 aliphatic heterocycles. The Balaban J connectivity index is 1.56. The summed E-state index contributed by atoms with van der Waals surface area (Å²) in [4.78, 5) is 13.7. The van der Waals surface area contributed by atoms with Crippen LogP contribution in [0.3, 0.4) is 0 Å². The zero-order valence-electron chi connectivity index (χ0n) is 16.2. The molecule has 4 aromatic rings. The fraction of sp³-hybridized carbons (Fsp3) is 0.0800. The molecule has 0 saturated carbocycles. The predicted octanol–water partition coefficient (Wildman–Crippen LogP) is 6.77. The molecule has 29 heavy (non-hydrogen) atoms. The smallest absolute Gasteiger partial charge is 0.255 e. The summed E-state index contributed by atoms with van der Waals surface area (Å²) in [7, 11) is 0. The number of benzene rings is 4. The van der Waals surface area contributed by atoms with Gasteiger partial charge in [0.15, 0.2) is 0 Å². The molecule has 3 nitrogen and oxygen atoms in total. The minimum absolute atomic E-state index is 0.106. The number of fused-ring (bicyclic) bond motifs is 1. The van der Waals surface area contributed by atoms with Crippen molar-refractivity contribution in [3.8, 4) is 0 Å². The monoisotopic (exact) mass is 398 g/mol. The molecule has 0 spiro atoms. The summed E-state index contributed by atoms with van der Waals surface area (Å²) in [6.07, 6.45) is 1.04. The van der Waals surface area contributed by atoms with E-state index in [1.54, 1.807) is 11.9 Å². The van der Waals surface area contributed by atoms with Gasteiger partial charge in [0.1, 0.15) is 0 Å². The van der Waals surface area contributed by atoms with Crippen molar-refractivity contribution in [2.75, 3.05) is 10.0 Å². The van der Waals surface area contributed by atoms with Crippen LogP contribution in [-0.2, 0) is 6.42 Å². The fourth-order valence-corrected chi connectivity index (χ4v) is 3.98. The fourth-order valence-electron chi connectivity index (χ4n) is 3.19. The highest BCUT2D eigenvalue weighted by molar-refractivity contribution is 8.00. The van der Waals surface area contributed by atoms with Gasteiger partial charge < -0.3 is 10.0 Å². The molecule has 4 aromatic carbocycles. The molecule has 0 saturated heterocycles. The molecular formula is C25H22N2OS. The van der Waals surface area contributed by atoms with E-state index < -0.39 is 0 Å². The van der Waals surface area contributed by atoms with E-state index >= 15 is 0 Å². The second-order valence-corrected chi connectivity index (χ2v) is 7.58. The molecule has 0 aliphatic carbocycles. The van der Waals surface area contributed by atoms with Crippen molar-refractivity contribution in [3.63, 3.8) is 0 Å². The van der Waals surface area contributed by atoms with Gasteiger partial charge in [-0.05, 0) is 65.7 Å². The standard InChI is InChI=1S/C25H22N2OS/c1-2-18-14-16-20(17-15-18)27-29-24-13-7-10-21-22(24)11-6-12-23(21)26-25(28)19-8-4-3-5-9-19/h3-17,27H,2H2,1H3,(H,26,28). The number of anilines is 2. The Morgan fingerprint density at radius 2 is 1.52 bits per heavy atom. The van der Waals surface area contributed by atoms with Crippen LogP contribution in [0.1, 0.15) is 22.8 Å². The molecule has 0 unspecified atom stereocenters. The highest BCUT2D eigenvalue weighted by Gasteiger charge is 2.10. The lowest BCUT2D eigenvalue weighted by atomic mass is 10.1. The van der Waals surface area contributed by atoms with E-state index in [2.05, 4.69) is 53.4 Å². The van der Waals surface area contributed by atoms with Gasteiger partial charge in [0.25, 0.3) is 5.91 Å². The number of nitrogens with one attached hydrogen (secondary N) is 2. The zero-order valence-corrected chi connectivity index (χ0v) is 17.0. The highest BCUT2D eigenvalue weighted by Crippen LogP contribution is 2.32. The van der Waals surface area contributed by atoms with Gasteiger partial charge in [0.05, 0.1) is 0 Å². The van der Waals surface area contributed by atoms with Crippen LogP contribution in [0.25, 0.3) is 10.8 Å². The average molecular weight is 399 g/mol. The molecule has 0 aromatic heterocycles. The third-order valence-corrected chi connectivity index (χ3v) is 5.72. The van der Waals surface area contributed by atoms with Crippen LogP contribution in [0.15, 0.2) is 95.9 Å². The maximum absolute atomic E-state index is 12.6. The summed E-state index contributed by atoms with van der Waals surface area (Å²) in [5.41, 5.74) is 3.85. The van der Waals surface area contributed by atoms with E-state index in [-0.39, 0.29) is 5.91 Å². The van der Waals surface area contributed by atoms with Gasteiger partial charge in [-0.3, -0.25) is 4.79 Å². The first-order chi connectivity index (χ1) is 14.2. The van der Waals surface area contributed by atoms with Crippen molar-refractivity contribution in [3.05, 3.63) is 102 Å². The zero-order chi connectivity index (χ0) is 20.1. The number of amides is 1. The predicted molar refractivity (Wildman–Crippen MR) is 124 cm³/mol. The molecule has 144 valence electrons. The van der Waals surface area contributed by atoms with Gasteiger partial charge in [-0.25, -0.2) is 0 Å². The van der Waals surface area contributed by atoms with Crippen LogP contribution in [0.2, 0.25) is 0 Å². The molecule has 0 aliphatic rings. The van der Waals surface area contributed by atoms with Crippen LogP contribution < -0.4 is 10.0 Å². The third kappa shape index (κ3) is 4.44. The molecule has 1 amide bonds. The number of carbonyl (C=O) groups excluding carboxylic acids is 1. The molecule has 0 bridgehead atoms. The molecule has 4 rings (SSSR count). The highest BCUT2D eigenvalue weighted by atomic mass is 32.2. The normalized spacial score (nSPS) is 10.7. The SMILES string of the molecule is CCc1ccc(NSc2cccc3c(NC(=O)c4ccccc4)cccc23)cc1. The molecule has 4 heteroatoms. The minimum atomic E-state index is -0.106. The summed E-state index contributed by atoms with van der Waals surface area (Å²) in [6.45, 7) is 2.15. The van der Waals surface area contributed by atoms with Crippen molar-refractivity contribution in [1.29, 1.82) is 0 Å². The number of hydrogen-bond donors (Lipinski definition) is 2. The van der Waals surface area contributed by atoms with Gasteiger partial charge in [0.2, 0.25) is 0 Å². The van der Waals surface area contributed by atoms with E-state index in [0.717, 1.165) is 33.5 Å². The minimum Gasteiger partial charge on any atom is -0.326 e. The lowest BCUT2D eigenvalue weighted by molar-refractivity contribution is 0.102. The van der Waals surface area contributed by atoms with Crippen LogP contribution >= 0.6 is 11.9 Å². The van der Waals surface area contributed by atoms with Crippen LogP contribution in [-0.4, -0.2) is 5.91 Å². The Kier molecular flexibility index (Phi) is 5.82. The van der Waals surface area contributed by atoms with Crippen LogP contribution in [0.4, 0.5) is 11.4 Å². The van der Waals surface area contributed by atoms with Crippen LogP contribution in [0, 0.1) is 0 Å². The Morgan fingerprint density at radius 3 is 2.28 bits per heavy atom. The maximum Gasteiger partial charge on any atom is 0.255 e. The van der Waals surface area contributed by atoms with Gasteiger partial charge >= 0.3 is 0 Å². The molecule has 0 fully saturated rings. The molecule has 0 atom stereocenters. The Bertz CT molecular complexity index is 1120. The molecule has 2 N–H and O–H groups in total. The summed E-state index contributed by atoms with van der Waals surface area (Å²) in [6, 6.07) is 29.9. The largest absolute Gasteiger partial charge is 0.326 e. The number of rotatable bonds is 6. The Labute approximate surface area is 175 Å². The third-order valence-electron chi connectivity index (χ3n) is 4.81. The van der Waals surface area contributed by atoms with Crippen molar-refractivity contribution in [1.82, 2.24) is 0 Å². The van der Waals surface area contributed by atoms with Gasteiger partial charge in [-0.2, -0.15) is 0 Å². The first-order valence-corrected chi connectivity index (χ1v) is 10.5. The van der Waals surface area contributed by atoms with E-state index in [1.807, 2.05) is 54.6 Å². The average Bonchev–Trinajstić information content (AvgIpc) is 2.79. The Hall–Kier alpha value is -3.24. The number of aryl methyl sites for hydroxylation is 1. The topological polar surface area (TPSA) is 41.1 Å². The van der Waals surface area contributed by atoms with Gasteiger partial charge in [-0.1, -0.05) is 61.5 Å². The van der Waals surface area contributed by atoms with Crippen molar-refractivity contribution >= 4 is 40.0 Å². The summed E-state index contributed by atoms with van der Waals surface area (Å²) >= 11 is 1.58. The maximum atomic E-state index is 12.6. The lowest BCUT2D eigenvalue weighted by Crippen LogP contribution is -2.11. The van der Waals surface area contributed by atoms with Crippen molar-refractivity contribution < 1.29 is 4.79 Å². The van der Waals surface area contributed by atoms with E-state index in [4.69, 9.17) is 0 Å². The second-order valence-electron chi connectivity index (χ2n) is 6.73. The van der Waals surface area contributed by atoms with Crippen molar-refractivity contribution in [2.24, 2.45) is 0 Å².